The molecule has 0 saturated heterocycles. The number of methoxy groups -OCH3 is 1. The minimum Gasteiger partial charge on any atom is -0.493 e. The molecule has 1 atom stereocenters. The number of carbonyl (C=O) groups is 1. The van der Waals surface area contributed by atoms with Crippen LogP contribution >= 0.6 is 11.3 Å². The van der Waals surface area contributed by atoms with Gasteiger partial charge in [-0.05, 0) is 42.9 Å². The lowest BCUT2D eigenvalue weighted by Crippen LogP contribution is -2.20. The van der Waals surface area contributed by atoms with Crippen molar-refractivity contribution >= 4 is 22.2 Å². The Bertz CT molecular complexity index is 823. The van der Waals surface area contributed by atoms with Gasteiger partial charge in [0.2, 0.25) is 0 Å². The van der Waals surface area contributed by atoms with Crippen molar-refractivity contribution in [2.45, 2.75) is 26.2 Å². The van der Waals surface area contributed by atoms with Gasteiger partial charge >= 0.3 is 0 Å². The lowest BCUT2D eigenvalue weighted by Gasteiger charge is -2.17. The van der Waals surface area contributed by atoms with Gasteiger partial charge in [-0.3, -0.25) is 4.79 Å². The standard InChI is InChI=1S/C19H20N2O3S/c1-12-7-8-13-14(10-20)19(25-17(13)9-12)21-18(22)11-24-16-6-4-3-5-15(16)23-2/h3-6,12H,7-9,11H2,1-2H3,(H,21,22). The Morgan fingerprint density at radius 3 is 2.88 bits per heavy atom. The van der Waals surface area contributed by atoms with Crippen LogP contribution in [0, 0.1) is 17.2 Å². The second-order valence-corrected chi connectivity index (χ2v) is 7.26. The van der Waals surface area contributed by atoms with Crippen LogP contribution in [0.1, 0.15) is 29.3 Å². The third-order valence-electron chi connectivity index (χ3n) is 4.30. The summed E-state index contributed by atoms with van der Waals surface area (Å²) >= 11 is 1.51. The number of nitriles is 1. The highest BCUT2D eigenvalue weighted by molar-refractivity contribution is 7.16. The normalized spacial score (nSPS) is 15.8. The molecule has 0 bridgehead atoms. The molecule has 1 aliphatic rings. The second-order valence-electron chi connectivity index (χ2n) is 6.16. The van der Waals surface area contributed by atoms with Crippen molar-refractivity contribution in [3.8, 4) is 17.6 Å². The van der Waals surface area contributed by atoms with Crippen LogP contribution in [0.15, 0.2) is 24.3 Å². The van der Waals surface area contributed by atoms with Gasteiger partial charge in [-0.25, -0.2) is 0 Å². The maximum absolute atomic E-state index is 12.3. The van der Waals surface area contributed by atoms with E-state index in [9.17, 15) is 10.1 Å². The fourth-order valence-electron chi connectivity index (χ4n) is 3.00. The summed E-state index contributed by atoms with van der Waals surface area (Å²) < 4.78 is 10.7. The third-order valence-corrected chi connectivity index (χ3v) is 5.47. The summed E-state index contributed by atoms with van der Waals surface area (Å²) in [7, 11) is 1.55. The lowest BCUT2D eigenvalue weighted by atomic mass is 9.89. The predicted octanol–water partition coefficient (Wildman–Crippen LogP) is 3.77. The van der Waals surface area contributed by atoms with E-state index in [2.05, 4.69) is 18.3 Å². The van der Waals surface area contributed by atoms with Crippen LogP contribution in [0.5, 0.6) is 11.5 Å². The molecule has 25 heavy (non-hydrogen) atoms. The number of fused-ring (bicyclic) bond motifs is 1. The Morgan fingerprint density at radius 2 is 2.16 bits per heavy atom. The zero-order valence-electron chi connectivity index (χ0n) is 14.3. The molecule has 1 N–H and O–H groups in total. The number of hydrogen-bond donors (Lipinski definition) is 1. The molecule has 5 nitrogen and oxygen atoms in total. The number of nitrogens with one attached hydrogen (secondary N) is 1. The maximum Gasteiger partial charge on any atom is 0.262 e. The number of carbonyl (C=O) groups excluding carboxylic acids is 1. The Morgan fingerprint density at radius 1 is 1.40 bits per heavy atom. The van der Waals surface area contributed by atoms with Crippen molar-refractivity contribution in [1.29, 1.82) is 5.26 Å². The smallest absolute Gasteiger partial charge is 0.262 e. The Kier molecular flexibility index (Phi) is 5.25. The molecular weight excluding hydrogens is 336 g/mol. The van der Waals surface area contributed by atoms with Crippen LogP contribution < -0.4 is 14.8 Å². The van der Waals surface area contributed by atoms with E-state index in [0.717, 1.165) is 24.8 Å². The largest absolute Gasteiger partial charge is 0.493 e. The van der Waals surface area contributed by atoms with Gasteiger partial charge in [0.1, 0.15) is 11.1 Å². The molecule has 0 spiro atoms. The Balaban J connectivity index is 1.68. The molecule has 1 aromatic carbocycles. The zero-order valence-corrected chi connectivity index (χ0v) is 15.1. The molecule has 0 aliphatic heterocycles. The molecule has 130 valence electrons. The van der Waals surface area contributed by atoms with E-state index in [0.29, 0.717) is 28.0 Å². The SMILES string of the molecule is COc1ccccc1OCC(=O)Nc1sc2c(c1C#N)CCC(C)C2. The van der Waals surface area contributed by atoms with Crippen molar-refractivity contribution in [3.05, 3.63) is 40.3 Å². The highest BCUT2D eigenvalue weighted by Crippen LogP contribution is 2.39. The number of ether oxygens (including phenoxy) is 2. The third kappa shape index (κ3) is 3.77. The highest BCUT2D eigenvalue weighted by Gasteiger charge is 2.24. The molecule has 1 aliphatic carbocycles. The molecule has 0 radical (unpaired) electrons. The number of thiophene rings is 1. The number of anilines is 1. The highest BCUT2D eigenvalue weighted by atomic mass is 32.1. The second kappa shape index (κ2) is 7.58. The number of para-hydroxylation sites is 2. The first-order valence-corrected chi connectivity index (χ1v) is 9.04. The van der Waals surface area contributed by atoms with E-state index in [-0.39, 0.29) is 12.5 Å². The zero-order chi connectivity index (χ0) is 17.8. The van der Waals surface area contributed by atoms with Gasteiger partial charge in [0.15, 0.2) is 18.1 Å². The van der Waals surface area contributed by atoms with Gasteiger partial charge in [0, 0.05) is 4.88 Å². The van der Waals surface area contributed by atoms with Crippen LogP contribution in [0.4, 0.5) is 5.00 Å². The average Bonchev–Trinajstić information content (AvgIpc) is 2.95. The van der Waals surface area contributed by atoms with E-state index in [4.69, 9.17) is 9.47 Å². The van der Waals surface area contributed by atoms with Crippen LogP contribution in [0.3, 0.4) is 0 Å². The molecule has 0 fully saturated rings. The fourth-order valence-corrected chi connectivity index (χ4v) is 4.38. The van der Waals surface area contributed by atoms with Gasteiger partial charge in [-0.1, -0.05) is 19.1 Å². The Labute approximate surface area is 151 Å². The van der Waals surface area contributed by atoms with E-state index in [1.54, 1.807) is 19.2 Å². The number of rotatable bonds is 5. The quantitative estimate of drug-likeness (QED) is 0.885. The van der Waals surface area contributed by atoms with Crippen LogP contribution in [0.25, 0.3) is 0 Å². The van der Waals surface area contributed by atoms with E-state index >= 15 is 0 Å². The summed E-state index contributed by atoms with van der Waals surface area (Å²) in [5, 5.41) is 12.9. The van der Waals surface area contributed by atoms with Crippen LogP contribution in [0.2, 0.25) is 0 Å². The van der Waals surface area contributed by atoms with Gasteiger partial charge in [0.25, 0.3) is 5.91 Å². The molecule has 1 heterocycles. The van der Waals surface area contributed by atoms with Crippen molar-refractivity contribution < 1.29 is 14.3 Å². The molecule has 2 aromatic rings. The first kappa shape index (κ1) is 17.3. The van der Waals surface area contributed by atoms with Crippen molar-refractivity contribution in [2.75, 3.05) is 19.0 Å². The van der Waals surface area contributed by atoms with Gasteiger partial charge in [-0.2, -0.15) is 5.26 Å². The average molecular weight is 356 g/mol. The van der Waals surface area contributed by atoms with Gasteiger partial charge in [0.05, 0.1) is 12.7 Å². The summed E-state index contributed by atoms with van der Waals surface area (Å²) in [6.45, 7) is 2.08. The van der Waals surface area contributed by atoms with Crippen molar-refractivity contribution in [3.63, 3.8) is 0 Å². The van der Waals surface area contributed by atoms with E-state index < -0.39 is 0 Å². The molecule has 6 heteroatoms. The minimum absolute atomic E-state index is 0.135. The molecular formula is C19H20N2O3S. The summed E-state index contributed by atoms with van der Waals surface area (Å²) in [5.74, 6) is 1.43. The monoisotopic (exact) mass is 356 g/mol. The fraction of sp³-hybridized carbons (Fsp3) is 0.368. The summed E-state index contributed by atoms with van der Waals surface area (Å²) in [5.41, 5.74) is 1.71. The minimum atomic E-state index is -0.283. The van der Waals surface area contributed by atoms with Gasteiger partial charge < -0.3 is 14.8 Å². The van der Waals surface area contributed by atoms with Gasteiger partial charge in [-0.15, -0.1) is 11.3 Å². The number of benzene rings is 1. The van der Waals surface area contributed by atoms with Crippen LogP contribution in [-0.4, -0.2) is 19.6 Å². The lowest BCUT2D eigenvalue weighted by molar-refractivity contribution is -0.118. The van der Waals surface area contributed by atoms with Crippen LogP contribution in [-0.2, 0) is 17.6 Å². The summed E-state index contributed by atoms with van der Waals surface area (Å²) in [6, 6.07) is 9.43. The van der Waals surface area contributed by atoms with E-state index in [1.807, 2.05) is 12.1 Å². The summed E-state index contributed by atoms with van der Waals surface area (Å²) in [6.07, 6.45) is 2.97. The first-order valence-electron chi connectivity index (χ1n) is 8.22. The number of amides is 1. The molecule has 1 amide bonds. The van der Waals surface area contributed by atoms with Crippen molar-refractivity contribution in [1.82, 2.24) is 0 Å². The number of nitrogens with zero attached hydrogens (tertiary/aromatic N) is 1. The summed E-state index contributed by atoms with van der Waals surface area (Å²) in [4.78, 5) is 13.5. The Hall–Kier alpha value is -2.52. The number of hydrogen-bond acceptors (Lipinski definition) is 5. The maximum atomic E-state index is 12.3. The molecule has 0 saturated carbocycles. The molecule has 3 rings (SSSR count). The predicted molar refractivity (Wildman–Crippen MR) is 97.3 cm³/mol. The molecule has 1 aromatic heterocycles. The van der Waals surface area contributed by atoms with E-state index in [1.165, 1.54) is 16.2 Å². The first-order chi connectivity index (χ1) is 12.1. The van der Waals surface area contributed by atoms with Crippen molar-refractivity contribution in [2.24, 2.45) is 5.92 Å². The topological polar surface area (TPSA) is 71.3 Å². The molecule has 1 unspecified atom stereocenters.